The van der Waals surface area contributed by atoms with Gasteiger partial charge in [0.05, 0.1) is 25.8 Å². The van der Waals surface area contributed by atoms with Crippen LogP contribution in [0.15, 0.2) is 66.7 Å². The molecule has 2 aromatic heterocycles. The second-order valence-corrected chi connectivity index (χ2v) is 7.59. The summed E-state index contributed by atoms with van der Waals surface area (Å²) in [6.07, 6.45) is -0.798. The summed E-state index contributed by atoms with van der Waals surface area (Å²) in [5, 5.41) is 14.2. The summed E-state index contributed by atoms with van der Waals surface area (Å²) in [4.78, 5) is 16.4. The summed E-state index contributed by atoms with van der Waals surface area (Å²) in [6.45, 7) is 2.80. The molecule has 35 heavy (non-hydrogen) atoms. The lowest BCUT2D eigenvalue weighted by molar-refractivity contribution is 0.122. The van der Waals surface area contributed by atoms with Crippen molar-refractivity contribution in [3.05, 3.63) is 72.3 Å². The molecule has 5 aromatic rings. The number of ether oxygens (including phenoxy) is 3. The summed E-state index contributed by atoms with van der Waals surface area (Å²) in [5.74, 6) is 0.952. The van der Waals surface area contributed by atoms with Gasteiger partial charge in [0.15, 0.2) is 11.6 Å². The van der Waals surface area contributed by atoms with E-state index in [9.17, 15) is 4.79 Å². The van der Waals surface area contributed by atoms with Gasteiger partial charge >= 0.3 is 6.16 Å². The summed E-state index contributed by atoms with van der Waals surface area (Å²) in [5.41, 5.74) is 5.26. The Morgan fingerprint density at radius 1 is 1.00 bits per heavy atom. The Kier molecular flexibility index (Phi) is 6.08. The molecule has 0 unspecified atom stereocenters. The Morgan fingerprint density at radius 3 is 2.51 bits per heavy atom. The number of H-pyrrole nitrogens is 1. The van der Waals surface area contributed by atoms with Crippen LogP contribution in [0.4, 0.5) is 4.79 Å². The van der Waals surface area contributed by atoms with E-state index in [0.717, 1.165) is 22.3 Å². The lowest BCUT2D eigenvalue weighted by Gasteiger charge is -2.12. The molecule has 10 heteroatoms. The third-order valence-corrected chi connectivity index (χ3v) is 5.46. The highest BCUT2D eigenvalue weighted by molar-refractivity contribution is 5.85. The Balaban J connectivity index is 1.50. The maximum absolute atomic E-state index is 11.8. The molecule has 0 aliphatic rings. The van der Waals surface area contributed by atoms with Gasteiger partial charge < -0.3 is 14.2 Å². The summed E-state index contributed by atoms with van der Waals surface area (Å²) in [7, 11) is 1.27. The average molecular weight is 470 g/mol. The summed E-state index contributed by atoms with van der Waals surface area (Å²) in [6, 6.07) is 21.8. The van der Waals surface area contributed by atoms with E-state index < -0.39 is 6.16 Å². The number of para-hydroxylation sites is 1. The van der Waals surface area contributed by atoms with Crippen molar-refractivity contribution in [2.24, 2.45) is 0 Å². The topological polar surface area (TPSA) is 117 Å². The molecular weight excluding hydrogens is 448 g/mol. The minimum atomic E-state index is -0.798. The molecule has 0 amide bonds. The molecule has 0 saturated heterocycles. The monoisotopic (exact) mass is 470 g/mol. The van der Waals surface area contributed by atoms with Crippen molar-refractivity contribution < 1.29 is 19.0 Å². The SMILES string of the molecule is CCOc1nc2cccc(OC(=O)OC)c2n1Cc1ccc(-c2ccccc2-c2nnn[nH]2)cc1. The number of aromatic nitrogens is 6. The highest BCUT2D eigenvalue weighted by Gasteiger charge is 2.19. The van der Waals surface area contributed by atoms with Gasteiger partial charge in [-0.2, -0.15) is 4.98 Å². The van der Waals surface area contributed by atoms with E-state index in [-0.39, 0.29) is 0 Å². The standard InChI is InChI=1S/C25H22N6O4/c1-3-34-24-26-20-9-6-10-21(35-25(32)33-2)22(20)31(24)15-16-11-13-17(14-12-16)18-7-4-5-8-19(18)23-27-29-30-28-23/h4-14H,3,15H2,1-2H3,(H,27,28,29,30). The molecule has 0 aliphatic heterocycles. The first-order valence-corrected chi connectivity index (χ1v) is 11.0. The lowest BCUT2D eigenvalue weighted by atomic mass is 9.98. The van der Waals surface area contributed by atoms with E-state index in [4.69, 9.17) is 9.47 Å². The molecule has 0 saturated carbocycles. The number of nitrogens with zero attached hydrogens (tertiary/aromatic N) is 5. The molecule has 10 nitrogen and oxygen atoms in total. The van der Waals surface area contributed by atoms with Gasteiger partial charge in [-0.05, 0) is 46.2 Å². The van der Waals surface area contributed by atoms with Crippen LogP contribution in [-0.4, -0.2) is 50.0 Å². The third kappa shape index (κ3) is 4.41. The van der Waals surface area contributed by atoms with Gasteiger partial charge in [0.2, 0.25) is 0 Å². The number of hydrogen-bond acceptors (Lipinski definition) is 8. The molecule has 0 aliphatic carbocycles. The van der Waals surface area contributed by atoms with Crippen molar-refractivity contribution in [3.63, 3.8) is 0 Å². The number of aromatic amines is 1. The van der Waals surface area contributed by atoms with Crippen molar-refractivity contribution in [1.29, 1.82) is 0 Å². The van der Waals surface area contributed by atoms with Gasteiger partial charge in [0.1, 0.15) is 5.52 Å². The lowest BCUT2D eigenvalue weighted by Crippen LogP contribution is -2.10. The van der Waals surface area contributed by atoms with E-state index in [1.54, 1.807) is 12.1 Å². The number of nitrogens with one attached hydrogen (secondary N) is 1. The van der Waals surface area contributed by atoms with Gasteiger partial charge in [-0.1, -0.05) is 54.6 Å². The normalized spacial score (nSPS) is 10.9. The van der Waals surface area contributed by atoms with Gasteiger partial charge in [-0.25, -0.2) is 9.89 Å². The molecule has 0 atom stereocenters. The maximum atomic E-state index is 11.8. The van der Waals surface area contributed by atoms with E-state index in [1.807, 2.05) is 66.1 Å². The number of benzene rings is 3. The van der Waals surface area contributed by atoms with E-state index in [2.05, 4.69) is 30.3 Å². The van der Waals surface area contributed by atoms with Crippen LogP contribution < -0.4 is 9.47 Å². The largest absolute Gasteiger partial charge is 0.513 e. The molecule has 1 N–H and O–H groups in total. The molecule has 0 fully saturated rings. The van der Waals surface area contributed by atoms with Crippen LogP contribution in [0, 0.1) is 0 Å². The average Bonchev–Trinajstić information content (AvgIpc) is 3.54. The molecule has 3 aromatic carbocycles. The Bertz CT molecular complexity index is 1460. The zero-order chi connectivity index (χ0) is 24.2. The first-order chi connectivity index (χ1) is 17.2. The molecule has 2 heterocycles. The number of carbonyl (C=O) groups excluding carboxylic acids is 1. The fourth-order valence-electron chi connectivity index (χ4n) is 3.92. The van der Waals surface area contributed by atoms with Crippen molar-refractivity contribution in [1.82, 2.24) is 30.2 Å². The molecular formula is C25H22N6O4. The van der Waals surface area contributed by atoms with Crippen LogP contribution in [0.1, 0.15) is 12.5 Å². The van der Waals surface area contributed by atoms with Crippen LogP contribution in [-0.2, 0) is 11.3 Å². The Morgan fingerprint density at radius 2 is 1.80 bits per heavy atom. The number of fused-ring (bicyclic) bond motifs is 1. The van der Waals surface area contributed by atoms with Gasteiger partial charge in [0, 0.05) is 5.56 Å². The predicted molar refractivity (Wildman–Crippen MR) is 128 cm³/mol. The van der Waals surface area contributed by atoms with Crippen molar-refractivity contribution in [3.8, 4) is 34.3 Å². The van der Waals surface area contributed by atoms with Gasteiger partial charge in [-0.15, -0.1) is 5.10 Å². The zero-order valence-electron chi connectivity index (χ0n) is 19.1. The molecule has 0 radical (unpaired) electrons. The second kappa shape index (κ2) is 9.64. The fraction of sp³-hybridized carbons (Fsp3) is 0.160. The maximum Gasteiger partial charge on any atom is 0.513 e. The minimum Gasteiger partial charge on any atom is -0.465 e. The van der Waals surface area contributed by atoms with E-state index in [0.29, 0.717) is 41.8 Å². The second-order valence-electron chi connectivity index (χ2n) is 7.59. The smallest absolute Gasteiger partial charge is 0.465 e. The quantitative estimate of drug-likeness (QED) is 0.273. The number of methoxy groups -OCH3 is 1. The third-order valence-electron chi connectivity index (χ3n) is 5.46. The first-order valence-electron chi connectivity index (χ1n) is 11.0. The fourth-order valence-corrected chi connectivity index (χ4v) is 3.92. The van der Waals surface area contributed by atoms with Crippen LogP contribution in [0.5, 0.6) is 11.8 Å². The van der Waals surface area contributed by atoms with Crippen molar-refractivity contribution in [2.45, 2.75) is 13.5 Å². The number of tetrazole rings is 1. The number of carbonyl (C=O) groups is 1. The summed E-state index contributed by atoms with van der Waals surface area (Å²) >= 11 is 0. The minimum absolute atomic E-state index is 0.346. The zero-order valence-corrected chi connectivity index (χ0v) is 19.1. The predicted octanol–water partition coefficient (Wildman–Crippen LogP) is 4.48. The van der Waals surface area contributed by atoms with Crippen molar-refractivity contribution >= 4 is 17.2 Å². The summed E-state index contributed by atoms with van der Waals surface area (Å²) < 4.78 is 17.7. The van der Waals surface area contributed by atoms with Crippen molar-refractivity contribution in [2.75, 3.05) is 13.7 Å². The van der Waals surface area contributed by atoms with Crippen LogP contribution >= 0.6 is 0 Å². The number of imidazole rings is 1. The first kappa shape index (κ1) is 22.1. The molecule has 0 spiro atoms. The number of rotatable bonds is 7. The molecule has 176 valence electrons. The molecule has 0 bridgehead atoms. The van der Waals surface area contributed by atoms with Crippen LogP contribution in [0.3, 0.4) is 0 Å². The van der Waals surface area contributed by atoms with E-state index in [1.165, 1.54) is 7.11 Å². The van der Waals surface area contributed by atoms with Crippen LogP contribution in [0.25, 0.3) is 33.5 Å². The number of hydrogen-bond donors (Lipinski definition) is 1. The molecule has 5 rings (SSSR count). The van der Waals surface area contributed by atoms with Gasteiger partial charge in [0.25, 0.3) is 6.01 Å². The Hall–Kier alpha value is -4.73. The Labute approximate surface area is 200 Å². The van der Waals surface area contributed by atoms with Gasteiger partial charge in [-0.3, -0.25) is 4.57 Å². The van der Waals surface area contributed by atoms with Crippen LogP contribution in [0.2, 0.25) is 0 Å². The van der Waals surface area contributed by atoms with E-state index >= 15 is 0 Å². The highest BCUT2D eigenvalue weighted by Crippen LogP contribution is 2.33. The highest BCUT2D eigenvalue weighted by atomic mass is 16.7.